The summed E-state index contributed by atoms with van der Waals surface area (Å²) in [4.78, 5) is 31.5. The lowest BCUT2D eigenvalue weighted by atomic mass is 9.95. The number of hydrogen-bond donors (Lipinski definition) is 3. The van der Waals surface area contributed by atoms with Crippen molar-refractivity contribution < 1.29 is 4.79 Å². The van der Waals surface area contributed by atoms with Gasteiger partial charge in [-0.1, -0.05) is 30.4 Å². The normalized spacial score (nSPS) is 16.2. The summed E-state index contributed by atoms with van der Waals surface area (Å²) in [6, 6.07) is 10.1. The fourth-order valence-electron chi connectivity index (χ4n) is 5.76. The number of carbonyl (C=O) groups excluding carboxylic acids is 1. The molecule has 0 unspecified atom stereocenters. The van der Waals surface area contributed by atoms with E-state index in [1.165, 1.54) is 11.3 Å². The van der Waals surface area contributed by atoms with Crippen molar-refractivity contribution in [2.75, 3.05) is 18.8 Å². The summed E-state index contributed by atoms with van der Waals surface area (Å²) in [7, 11) is 0. The largest absolute Gasteiger partial charge is 0.382 e. The van der Waals surface area contributed by atoms with Crippen LogP contribution in [0, 0.1) is 0 Å². The molecule has 2 aliphatic rings. The summed E-state index contributed by atoms with van der Waals surface area (Å²) in [5, 5.41) is 0.972. The van der Waals surface area contributed by atoms with Crippen LogP contribution >= 0.6 is 0 Å². The third kappa shape index (κ3) is 3.25. The number of amides is 1. The van der Waals surface area contributed by atoms with Gasteiger partial charge in [-0.25, -0.2) is 9.97 Å². The number of benzene rings is 1. The third-order valence-corrected chi connectivity index (χ3v) is 7.62. The maximum absolute atomic E-state index is 13.3. The first kappa shape index (κ1) is 21.0. The number of H-pyrrole nitrogens is 2. The standard InChI is InChI=1S/C28H27N7O/c29-26-25-24(23-15-18-5-1-3-7-21(18)32-23)33-27(35(25)14-11-30-26)17-9-12-34(13-10-17)28(36)20-16-31-22-8-4-2-6-19(20)22/h1-2,4-6,8,11,14-17,31-32H,3,7,9-10,12-13H2,(H2,29,30). The molecule has 0 spiro atoms. The van der Waals surface area contributed by atoms with E-state index in [4.69, 9.17) is 10.7 Å². The number of allylic oxidation sites excluding steroid dienone is 1. The highest BCUT2D eigenvalue weighted by molar-refractivity contribution is 6.06. The summed E-state index contributed by atoms with van der Waals surface area (Å²) >= 11 is 0. The number of nitrogens with one attached hydrogen (secondary N) is 2. The molecular formula is C28H27N7O. The first-order chi connectivity index (χ1) is 17.7. The van der Waals surface area contributed by atoms with Crippen molar-refractivity contribution in [1.82, 2.24) is 29.2 Å². The van der Waals surface area contributed by atoms with Gasteiger partial charge >= 0.3 is 0 Å². The predicted molar refractivity (Wildman–Crippen MR) is 141 cm³/mol. The van der Waals surface area contributed by atoms with Gasteiger partial charge in [-0.05, 0) is 43.4 Å². The van der Waals surface area contributed by atoms with Crippen LogP contribution in [0.5, 0.6) is 0 Å². The van der Waals surface area contributed by atoms with Crippen molar-refractivity contribution in [1.29, 1.82) is 0 Å². The molecule has 4 N–H and O–H groups in total. The molecular weight excluding hydrogens is 450 g/mol. The molecule has 0 radical (unpaired) electrons. The number of fused-ring (bicyclic) bond motifs is 3. The summed E-state index contributed by atoms with van der Waals surface area (Å²) in [6.07, 6.45) is 13.6. The van der Waals surface area contributed by atoms with E-state index in [0.717, 1.165) is 64.9 Å². The number of piperidine rings is 1. The molecule has 5 heterocycles. The first-order valence-electron chi connectivity index (χ1n) is 12.5. The van der Waals surface area contributed by atoms with E-state index >= 15 is 0 Å². The molecule has 1 aliphatic carbocycles. The Labute approximate surface area is 207 Å². The minimum atomic E-state index is 0.0815. The van der Waals surface area contributed by atoms with Gasteiger partial charge in [-0.3, -0.25) is 9.20 Å². The molecule has 0 saturated carbocycles. The van der Waals surface area contributed by atoms with Crippen molar-refractivity contribution in [3.05, 3.63) is 77.6 Å². The van der Waals surface area contributed by atoms with Crippen molar-refractivity contribution in [3.63, 3.8) is 0 Å². The van der Waals surface area contributed by atoms with Crippen molar-refractivity contribution in [2.24, 2.45) is 0 Å². The average molecular weight is 478 g/mol. The van der Waals surface area contributed by atoms with Crippen LogP contribution in [-0.4, -0.2) is 48.2 Å². The van der Waals surface area contributed by atoms with E-state index in [1.54, 1.807) is 6.20 Å². The summed E-state index contributed by atoms with van der Waals surface area (Å²) in [6.45, 7) is 1.38. The molecule has 1 aliphatic heterocycles. The number of nitrogen functional groups attached to an aromatic ring is 1. The van der Waals surface area contributed by atoms with E-state index in [0.29, 0.717) is 18.9 Å². The average Bonchev–Trinajstić information content (AvgIpc) is 3.63. The Kier molecular flexibility index (Phi) is 4.73. The zero-order chi connectivity index (χ0) is 24.2. The van der Waals surface area contributed by atoms with E-state index in [2.05, 4.69) is 37.6 Å². The molecule has 36 heavy (non-hydrogen) atoms. The fraction of sp³-hybridized carbons (Fsp3) is 0.250. The molecule has 180 valence electrons. The van der Waals surface area contributed by atoms with Gasteiger partial charge < -0.3 is 20.6 Å². The van der Waals surface area contributed by atoms with Crippen molar-refractivity contribution >= 4 is 34.2 Å². The van der Waals surface area contributed by atoms with E-state index in [9.17, 15) is 4.79 Å². The molecule has 1 aromatic carbocycles. The van der Waals surface area contributed by atoms with Crippen LogP contribution in [0.25, 0.3) is 33.9 Å². The molecule has 8 nitrogen and oxygen atoms in total. The zero-order valence-corrected chi connectivity index (χ0v) is 19.9. The van der Waals surface area contributed by atoms with Gasteiger partial charge in [0.2, 0.25) is 0 Å². The SMILES string of the molecule is Nc1nccn2c(C3CCN(C(=O)c4c[nH]c5ccccc45)CC3)nc(-c3cc4c([nH]3)CCC=C4)c12. The van der Waals surface area contributed by atoms with E-state index < -0.39 is 0 Å². The number of aromatic nitrogens is 5. The fourth-order valence-corrected chi connectivity index (χ4v) is 5.76. The number of hydrogen-bond acceptors (Lipinski definition) is 4. The Balaban J connectivity index is 1.19. The first-order valence-corrected chi connectivity index (χ1v) is 12.5. The van der Waals surface area contributed by atoms with Gasteiger partial charge in [0.25, 0.3) is 5.91 Å². The number of para-hydroxylation sites is 1. The minimum Gasteiger partial charge on any atom is -0.382 e. The quantitative estimate of drug-likeness (QED) is 0.348. The molecule has 5 aromatic rings. The Hall–Kier alpha value is -4.33. The van der Waals surface area contributed by atoms with Gasteiger partial charge in [0, 0.05) is 54.2 Å². The number of rotatable bonds is 3. The van der Waals surface area contributed by atoms with Crippen LogP contribution in [0.4, 0.5) is 5.82 Å². The smallest absolute Gasteiger partial charge is 0.256 e. The lowest BCUT2D eigenvalue weighted by molar-refractivity contribution is 0.0713. The van der Waals surface area contributed by atoms with Gasteiger partial charge in [0.1, 0.15) is 22.9 Å². The van der Waals surface area contributed by atoms with Crippen LogP contribution in [0.15, 0.2) is 55.0 Å². The van der Waals surface area contributed by atoms with Crippen LogP contribution in [0.1, 0.15) is 52.6 Å². The van der Waals surface area contributed by atoms with Crippen LogP contribution < -0.4 is 5.73 Å². The van der Waals surface area contributed by atoms with Gasteiger partial charge in [-0.2, -0.15) is 0 Å². The molecule has 1 amide bonds. The molecule has 7 rings (SSSR count). The number of nitrogens with zero attached hydrogens (tertiary/aromatic N) is 4. The highest BCUT2D eigenvalue weighted by Crippen LogP contribution is 2.36. The Morgan fingerprint density at radius 3 is 2.89 bits per heavy atom. The van der Waals surface area contributed by atoms with Crippen molar-refractivity contribution in [3.8, 4) is 11.4 Å². The maximum Gasteiger partial charge on any atom is 0.256 e. The number of carbonyl (C=O) groups is 1. The van der Waals surface area contributed by atoms with Crippen LogP contribution in [-0.2, 0) is 6.42 Å². The predicted octanol–water partition coefficient (Wildman–Crippen LogP) is 4.77. The van der Waals surface area contributed by atoms with Gasteiger partial charge in [-0.15, -0.1) is 0 Å². The number of nitrogens with two attached hydrogens (primary N) is 1. The van der Waals surface area contributed by atoms with E-state index in [-0.39, 0.29) is 11.8 Å². The summed E-state index contributed by atoms with van der Waals surface area (Å²) in [5.41, 5.74) is 13.2. The summed E-state index contributed by atoms with van der Waals surface area (Å²) in [5.74, 6) is 1.76. The van der Waals surface area contributed by atoms with Crippen molar-refractivity contribution in [2.45, 2.75) is 31.6 Å². The second kappa shape index (κ2) is 8.12. The van der Waals surface area contributed by atoms with Crippen LogP contribution in [0.3, 0.4) is 0 Å². The monoisotopic (exact) mass is 477 g/mol. The second-order valence-electron chi connectivity index (χ2n) is 9.72. The van der Waals surface area contributed by atoms with Gasteiger partial charge in [0.05, 0.1) is 11.3 Å². The Bertz CT molecular complexity index is 1650. The highest BCUT2D eigenvalue weighted by atomic mass is 16.2. The molecule has 4 aromatic heterocycles. The number of aryl methyl sites for hydroxylation is 1. The lowest BCUT2D eigenvalue weighted by Crippen LogP contribution is -2.38. The van der Waals surface area contributed by atoms with Gasteiger partial charge in [0.15, 0.2) is 0 Å². The third-order valence-electron chi connectivity index (χ3n) is 7.62. The second-order valence-corrected chi connectivity index (χ2v) is 9.72. The molecule has 0 bridgehead atoms. The molecule has 1 fully saturated rings. The number of imidazole rings is 1. The molecule has 8 heteroatoms. The minimum absolute atomic E-state index is 0.0815. The number of anilines is 1. The maximum atomic E-state index is 13.3. The highest BCUT2D eigenvalue weighted by Gasteiger charge is 2.30. The summed E-state index contributed by atoms with van der Waals surface area (Å²) < 4.78 is 2.09. The number of likely N-dealkylation sites (tertiary alicyclic amines) is 1. The van der Waals surface area contributed by atoms with Crippen LogP contribution in [0.2, 0.25) is 0 Å². The Morgan fingerprint density at radius 1 is 1.17 bits per heavy atom. The Morgan fingerprint density at radius 2 is 2.03 bits per heavy atom. The zero-order valence-electron chi connectivity index (χ0n) is 19.9. The van der Waals surface area contributed by atoms with E-state index in [1.807, 2.05) is 41.6 Å². The topological polar surface area (TPSA) is 108 Å². The lowest BCUT2D eigenvalue weighted by Gasteiger charge is -2.31. The molecule has 0 atom stereocenters. The molecule has 1 saturated heterocycles. The number of aromatic amines is 2.